The molecule has 0 aromatic carbocycles. The third kappa shape index (κ3) is 3.04. The van der Waals surface area contributed by atoms with Gasteiger partial charge < -0.3 is 0 Å². The number of carbonyl (C=O) groups is 2. The highest BCUT2D eigenvalue weighted by atomic mass is 79.9. The van der Waals surface area contributed by atoms with Crippen molar-refractivity contribution in [2.24, 2.45) is 0 Å². The number of thioether (sulfide) groups is 1. The molecule has 0 spiro atoms. The lowest BCUT2D eigenvalue weighted by Crippen LogP contribution is -2.26. The molecule has 1 saturated heterocycles. The maximum absolute atomic E-state index is 11.8. The molecule has 1 unspecified atom stereocenters. The molecule has 0 aliphatic carbocycles. The Morgan fingerprint density at radius 1 is 1.59 bits per heavy atom. The molecule has 1 aromatic rings. The first-order chi connectivity index (χ1) is 8.06. The zero-order valence-corrected chi connectivity index (χ0v) is 11.5. The Morgan fingerprint density at radius 3 is 3.00 bits per heavy atom. The standard InChI is InChI=1S/C10H10BrN3O2S/c1-6(15)17-7-2-10(16)14(4-7)9-3-8(11)12-5-13-9/h3,5,7H,2,4H2,1H3. The molecule has 1 amide bonds. The fraction of sp³-hybridized carbons (Fsp3) is 0.400. The van der Waals surface area contributed by atoms with Crippen molar-refractivity contribution in [3.63, 3.8) is 0 Å². The summed E-state index contributed by atoms with van der Waals surface area (Å²) in [6.45, 7) is 2.03. The molecule has 2 rings (SSSR count). The van der Waals surface area contributed by atoms with E-state index in [1.807, 2.05) is 0 Å². The summed E-state index contributed by atoms with van der Waals surface area (Å²) in [4.78, 5) is 32.4. The molecule has 1 aromatic heterocycles. The van der Waals surface area contributed by atoms with Crippen LogP contribution in [0, 0.1) is 0 Å². The maximum Gasteiger partial charge on any atom is 0.229 e. The van der Waals surface area contributed by atoms with Crippen molar-refractivity contribution in [1.29, 1.82) is 0 Å². The van der Waals surface area contributed by atoms with Gasteiger partial charge in [-0.2, -0.15) is 0 Å². The van der Waals surface area contributed by atoms with Gasteiger partial charge >= 0.3 is 0 Å². The van der Waals surface area contributed by atoms with Crippen LogP contribution >= 0.6 is 27.7 Å². The van der Waals surface area contributed by atoms with Crippen LogP contribution in [0.15, 0.2) is 17.0 Å². The summed E-state index contributed by atoms with van der Waals surface area (Å²) in [5.74, 6) is 0.567. The van der Waals surface area contributed by atoms with Crippen molar-refractivity contribution in [3.8, 4) is 0 Å². The van der Waals surface area contributed by atoms with Gasteiger partial charge in [-0.1, -0.05) is 11.8 Å². The normalized spacial score (nSPS) is 19.8. The van der Waals surface area contributed by atoms with Crippen LogP contribution in [-0.4, -0.2) is 32.8 Å². The van der Waals surface area contributed by atoms with Gasteiger partial charge in [0.2, 0.25) is 5.91 Å². The minimum atomic E-state index is -0.00523. The number of halogens is 1. The lowest BCUT2D eigenvalue weighted by Gasteiger charge is -2.14. The Hall–Kier alpha value is -0.950. The Bertz CT molecular complexity index is 469. The van der Waals surface area contributed by atoms with Crippen molar-refractivity contribution < 1.29 is 9.59 Å². The molecule has 1 atom stereocenters. The molecule has 0 radical (unpaired) electrons. The molecular formula is C10H10BrN3O2S. The van der Waals surface area contributed by atoms with Gasteiger partial charge in [0.15, 0.2) is 5.12 Å². The molecule has 0 N–H and O–H groups in total. The third-order valence-corrected chi connectivity index (χ3v) is 3.73. The number of anilines is 1. The summed E-state index contributed by atoms with van der Waals surface area (Å²) in [6, 6.07) is 1.69. The smallest absolute Gasteiger partial charge is 0.229 e. The summed E-state index contributed by atoms with van der Waals surface area (Å²) < 4.78 is 0.637. The second kappa shape index (κ2) is 5.14. The monoisotopic (exact) mass is 315 g/mol. The van der Waals surface area contributed by atoms with Gasteiger partial charge in [0, 0.05) is 31.2 Å². The molecule has 2 heterocycles. The third-order valence-electron chi connectivity index (χ3n) is 2.32. The van der Waals surface area contributed by atoms with E-state index in [9.17, 15) is 9.59 Å². The lowest BCUT2D eigenvalue weighted by molar-refractivity contribution is -0.117. The molecule has 1 aliphatic heterocycles. The van der Waals surface area contributed by atoms with Crippen molar-refractivity contribution in [1.82, 2.24) is 9.97 Å². The van der Waals surface area contributed by atoms with Gasteiger partial charge in [-0.05, 0) is 15.9 Å². The fourth-order valence-electron chi connectivity index (χ4n) is 1.68. The van der Waals surface area contributed by atoms with Crippen LogP contribution in [0.4, 0.5) is 5.82 Å². The summed E-state index contributed by atoms with van der Waals surface area (Å²) in [5, 5.41) is 0.0576. The van der Waals surface area contributed by atoms with Gasteiger partial charge in [0.05, 0.1) is 0 Å². The van der Waals surface area contributed by atoms with Gasteiger partial charge in [0.1, 0.15) is 16.7 Å². The van der Waals surface area contributed by atoms with Gasteiger partial charge in [-0.3, -0.25) is 14.5 Å². The van der Waals surface area contributed by atoms with Crippen molar-refractivity contribution >= 4 is 44.5 Å². The molecule has 90 valence electrons. The van der Waals surface area contributed by atoms with Crippen LogP contribution < -0.4 is 4.90 Å². The van der Waals surface area contributed by atoms with Gasteiger partial charge in [0.25, 0.3) is 0 Å². The predicted octanol–water partition coefficient (Wildman–Crippen LogP) is 1.62. The average molecular weight is 316 g/mol. The van der Waals surface area contributed by atoms with E-state index < -0.39 is 0 Å². The van der Waals surface area contributed by atoms with Crippen LogP contribution in [0.2, 0.25) is 0 Å². The predicted molar refractivity (Wildman–Crippen MR) is 68.8 cm³/mol. The Labute approximate surface area is 111 Å². The fourth-order valence-corrected chi connectivity index (χ4v) is 2.90. The number of nitrogens with zero attached hydrogens (tertiary/aromatic N) is 3. The molecular weight excluding hydrogens is 306 g/mol. The number of aromatic nitrogens is 2. The molecule has 17 heavy (non-hydrogen) atoms. The van der Waals surface area contributed by atoms with Crippen molar-refractivity contribution in [3.05, 3.63) is 17.0 Å². The van der Waals surface area contributed by atoms with Crippen LogP contribution in [0.3, 0.4) is 0 Å². The molecule has 7 heteroatoms. The highest BCUT2D eigenvalue weighted by Gasteiger charge is 2.32. The van der Waals surface area contributed by atoms with Crippen molar-refractivity contribution in [2.45, 2.75) is 18.6 Å². The zero-order chi connectivity index (χ0) is 12.4. The average Bonchev–Trinajstić information content (AvgIpc) is 2.58. The Kier molecular flexibility index (Phi) is 3.78. The molecule has 0 bridgehead atoms. The summed E-state index contributed by atoms with van der Waals surface area (Å²) in [5.41, 5.74) is 0. The van der Waals surface area contributed by atoms with Crippen LogP contribution in [0.25, 0.3) is 0 Å². The highest BCUT2D eigenvalue weighted by molar-refractivity contribution is 9.10. The van der Waals surface area contributed by atoms with Gasteiger partial charge in [-0.25, -0.2) is 9.97 Å². The Balaban J connectivity index is 2.13. The van der Waals surface area contributed by atoms with Crippen LogP contribution in [0.1, 0.15) is 13.3 Å². The first-order valence-corrected chi connectivity index (χ1v) is 6.68. The Morgan fingerprint density at radius 2 is 2.35 bits per heavy atom. The lowest BCUT2D eigenvalue weighted by atomic mass is 10.4. The first-order valence-electron chi connectivity index (χ1n) is 5.01. The quantitative estimate of drug-likeness (QED) is 0.776. The van der Waals surface area contributed by atoms with E-state index in [0.29, 0.717) is 23.4 Å². The van der Waals surface area contributed by atoms with E-state index in [-0.39, 0.29) is 16.3 Å². The van der Waals surface area contributed by atoms with Gasteiger partial charge in [-0.15, -0.1) is 0 Å². The molecule has 5 nitrogen and oxygen atoms in total. The number of amides is 1. The summed E-state index contributed by atoms with van der Waals surface area (Å²) in [6.07, 6.45) is 1.78. The minimum absolute atomic E-state index is 0.00523. The summed E-state index contributed by atoms with van der Waals surface area (Å²) >= 11 is 4.45. The second-order valence-corrected chi connectivity index (χ2v) is 5.93. The largest absolute Gasteiger partial charge is 0.296 e. The zero-order valence-electron chi connectivity index (χ0n) is 9.09. The highest BCUT2D eigenvalue weighted by Crippen LogP contribution is 2.28. The van der Waals surface area contributed by atoms with E-state index in [0.717, 1.165) is 0 Å². The number of hydrogen-bond acceptors (Lipinski definition) is 5. The van der Waals surface area contributed by atoms with E-state index in [4.69, 9.17) is 0 Å². The van der Waals surface area contributed by atoms with Crippen LogP contribution in [0.5, 0.6) is 0 Å². The number of rotatable bonds is 2. The van der Waals surface area contributed by atoms with E-state index in [1.54, 1.807) is 11.0 Å². The maximum atomic E-state index is 11.8. The molecule has 1 fully saturated rings. The topological polar surface area (TPSA) is 63.2 Å². The number of hydrogen-bond donors (Lipinski definition) is 0. The number of carbonyl (C=O) groups excluding carboxylic acids is 2. The van der Waals surface area contributed by atoms with E-state index in [2.05, 4.69) is 25.9 Å². The summed E-state index contributed by atoms with van der Waals surface area (Å²) in [7, 11) is 0. The minimum Gasteiger partial charge on any atom is -0.296 e. The first kappa shape index (κ1) is 12.5. The van der Waals surface area contributed by atoms with Crippen LogP contribution in [-0.2, 0) is 9.59 Å². The van der Waals surface area contributed by atoms with Crippen molar-refractivity contribution in [2.75, 3.05) is 11.4 Å². The van der Waals surface area contributed by atoms with E-state index >= 15 is 0 Å². The van der Waals surface area contributed by atoms with E-state index in [1.165, 1.54) is 25.0 Å². The second-order valence-electron chi connectivity index (χ2n) is 3.64. The molecule has 0 saturated carbocycles. The SMILES string of the molecule is CC(=O)SC1CC(=O)N(c2cc(Br)ncn2)C1. The molecule has 1 aliphatic rings.